The van der Waals surface area contributed by atoms with E-state index in [4.69, 9.17) is 5.11 Å². The number of carboxylic acid groups (broad SMARTS) is 1. The fourth-order valence-corrected chi connectivity index (χ4v) is 1.96. The van der Waals surface area contributed by atoms with Crippen LogP contribution in [0, 0.1) is 0 Å². The van der Waals surface area contributed by atoms with Crippen molar-refractivity contribution in [3.05, 3.63) is 54.1 Å². The summed E-state index contributed by atoms with van der Waals surface area (Å²) >= 11 is 0. The van der Waals surface area contributed by atoms with Crippen molar-refractivity contribution in [1.82, 2.24) is 10.2 Å². The maximum atomic E-state index is 11.0. The molecule has 0 saturated heterocycles. The summed E-state index contributed by atoms with van der Waals surface area (Å²) in [5.74, 6) is -0.933. The highest BCUT2D eigenvalue weighted by atomic mass is 16.4. The molecule has 0 radical (unpaired) electrons. The van der Waals surface area contributed by atoms with Crippen LogP contribution >= 0.6 is 0 Å². The largest absolute Gasteiger partial charge is 0.478 e. The van der Waals surface area contributed by atoms with E-state index < -0.39 is 5.97 Å². The summed E-state index contributed by atoms with van der Waals surface area (Å²) in [4.78, 5) is 11.0. The number of nitrogens with one attached hydrogen (secondary N) is 1. The molecule has 88 valence electrons. The van der Waals surface area contributed by atoms with Gasteiger partial charge in [-0.15, -0.1) is 0 Å². The minimum atomic E-state index is -0.933. The predicted octanol–water partition coefficient (Wildman–Crippen LogP) is 2.93. The molecule has 0 aliphatic carbocycles. The smallest absolute Gasteiger partial charge is 0.335 e. The lowest BCUT2D eigenvalue weighted by atomic mass is 10.1. The molecule has 3 aromatic rings. The Bertz CT molecular complexity index is 717. The number of hydrogen-bond donors (Lipinski definition) is 2. The van der Waals surface area contributed by atoms with Gasteiger partial charge in [0, 0.05) is 10.9 Å². The lowest BCUT2D eigenvalue weighted by molar-refractivity contribution is 0.0697. The van der Waals surface area contributed by atoms with Crippen LogP contribution in [0.15, 0.2) is 48.5 Å². The summed E-state index contributed by atoms with van der Waals surface area (Å²) in [5.41, 5.74) is 2.83. The first kappa shape index (κ1) is 10.5. The predicted molar refractivity (Wildman–Crippen MR) is 68.5 cm³/mol. The van der Waals surface area contributed by atoms with Crippen LogP contribution in [0.5, 0.6) is 0 Å². The number of hydrogen-bond acceptors (Lipinski definition) is 2. The minimum Gasteiger partial charge on any atom is -0.478 e. The van der Waals surface area contributed by atoms with Crippen molar-refractivity contribution in [1.29, 1.82) is 0 Å². The SMILES string of the molecule is O=C(O)c1ccc2[nH]nc(-c3ccccc3)c2c1. The molecule has 0 aliphatic rings. The van der Waals surface area contributed by atoms with Gasteiger partial charge in [0.05, 0.1) is 16.8 Å². The van der Waals surface area contributed by atoms with Crippen LogP contribution in [0.2, 0.25) is 0 Å². The molecule has 0 bridgehead atoms. The van der Waals surface area contributed by atoms with Crippen molar-refractivity contribution < 1.29 is 9.90 Å². The standard InChI is InChI=1S/C14H10N2O2/c17-14(18)10-6-7-12-11(8-10)13(16-15-12)9-4-2-1-3-5-9/h1-8H,(H,15,16)(H,17,18). The number of nitrogens with zero attached hydrogens (tertiary/aromatic N) is 1. The summed E-state index contributed by atoms with van der Waals surface area (Å²) in [7, 11) is 0. The Morgan fingerprint density at radius 2 is 1.89 bits per heavy atom. The number of H-pyrrole nitrogens is 1. The molecular formula is C14H10N2O2. The van der Waals surface area contributed by atoms with E-state index in [-0.39, 0.29) is 5.56 Å². The summed E-state index contributed by atoms with van der Waals surface area (Å²) in [6.07, 6.45) is 0. The van der Waals surface area contributed by atoms with E-state index >= 15 is 0 Å². The first-order valence-electron chi connectivity index (χ1n) is 5.52. The van der Waals surface area contributed by atoms with Crippen LogP contribution in [0.3, 0.4) is 0 Å². The van der Waals surface area contributed by atoms with Crippen molar-refractivity contribution >= 4 is 16.9 Å². The monoisotopic (exact) mass is 238 g/mol. The first-order chi connectivity index (χ1) is 8.75. The van der Waals surface area contributed by atoms with Crippen molar-refractivity contribution in [3.8, 4) is 11.3 Å². The van der Waals surface area contributed by atoms with Crippen LogP contribution in [0.4, 0.5) is 0 Å². The first-order valence-corrected chi connectivity index (χ1v) is 5.52. The lowest BCUT2D eigenvalue weighted by Gasteiger charge is -1.98. The number of rotatable bonds is 2. The molecule has 0 unspecified atom stereocenters. The molecule has 18 heavy (non-hydrogen) atoms. The van der Waals surface area contributed by atoms with Gasteiger partial charge in [-0.2, -0.15) is 5.10 Å². The van der Waals surface area contributed by atoms with Crippen molar-refractivity contribution in [2.24, 2.45) is 0 Å². The third-order valence-corrected chi connectivity index (χ3v) is 2.86. The molecule has 0 atom stereocenters. The van der Waals surface area contributed by atoms with Gasteiger partial charge in [0.15, 0.2) is 0 Å². The van der Waals surface area contributed by atoms with Crippen LogP contribution in [-0.2, 0) is 0 Å². The van der Waals surface area contributed by atoms with Gasteiger partial charge in [0.25, 0.3) is 0 Å². The number of carbonyl (C=O) groups is 1. The Hall–Kier alpha value is -2.62. The third-order valence-electron chi connectivity index (χ3n) is 2.86. The van der Waals surface area contributed by atoms with Gasteiger partial charge in [0.2, 0.25) is 0 Å². The van der Waals surface area contributed by atoms with E-state index in [0.717, 1.165) is 22.2 Å². The maximum Gasteiger partial charge on any atom is 0.335 e. The van der Waals surface area contributed by atoms with E-state index in [1.807, 2.05) is 30.3 Å². The highest BCUT2D eigenvalue weighted by molar-refractivity contribution is 5.98. The molecule has 0 spiro atoms. The average molecular weight is 238 g/mol. The van der Waals surface area contributed by atoms with Gasteiger partial charge in [-0.25, -0.2) is 4.79 Å². The molecule has 3 rings (SSSR count). The van der Waals surface area contributed by atoms with Crippen LogP contribution in [0.1, 0.15) is 10.4 Å². The normalized spacial score (nSPS) is 10.7. The van der Waals surface area contributed by atoms with Gasteiger partial charge in [-0.05, 0) is 18.2 Å². The number of aromatic carboxylic acids is 1. The van der Waals surface area contributed by atoms with E-state index in [0.29, 0.717) is 0 Å². The van der Waals surface area contributed by atoms with E-state index in [1.54, 1.807) is 18.2 Å². The maximum absolute atomic E-state index is 11.0. The van der Waals surface area contributed by atoms with Crippen molar-refractivity contribution in [2.45, 2.75) is 0 Å². The molecule has 1 aromatic heterocycles. The van der Waals surface area contributed by atoms with E-state index in [2.05, 4.69) is 10.2 Å². The molecule has 2 N–H and O–H groups in total. The molecule has 1 heterocycles. The number of aromatic amines is 1. The fourth-order valence-electron chi connectivity index (χ4n) is 1.96. The second kappa shape index (κ2) is 4.00. The zero-order valence-corrected chi connectivity index (χ0v) is 9.42. The van der Waals surface area contributed by atoms with Crippen molar-refractivity contribution in [3.63, 3.8) is 0 Å². The molecule has 2 aromatic carbocycles. The fraction of sp³-hybridized carbons (Fsp3) is 0. The highest BCUT2D eigenvalue weighted by Crippen LogP contribution is 2.26. The molecule has 4 heteroatoms. The topological polar surface area (TPSA) is 66.0 Å². The quantitative estimate of drug-likeness (QED) is 0.721. The summed E-state index contributed by atoms with van der Waals surface area (Å²) in [5, 5.41) is 17.0. The lowest BCUT2D eigenvalue weighted by Crippen LogP contribution is -1.94. The Balaban J connectivity index is 2.24. The van der Waals surface area contributed by atoms with E-state index in [9.17, 15) is 4.79 Å². The number of carboxylic acids is 1. The van der Waals surface area contributed by atoms with Crippen molar-refractivity contribution in [2.75, 3.05) is 0 Å². The van der Waals surface area contributed by atoms with Crippen LogP contribution < -0.4 is 0 Å². The van der Waals surface area contributed by atoms with Gasteiger partial charge in [-0.1, -0.05) is 30.3 Å². The average Bonchev–Trinajstić information content (AvgIpc) is 2.82. The van der Waals surface area contributed by atoms with Gasteiger partial charge < -0.3 is 5.11 Å². The van der Waals surface area contributed by atoms with Gasteiger partial charge in [-0.3, -0.25) is 5.10 Å². The Kier molecular flexibility index (Phi) is 2.34. The molecule has 0 saturated carbocycles. The third kappa shape index (κ3) is 1.64. The van der Waals surface area contributed by atoms with Crippen LogP contribution in [-0.4, -0.2) is 21.3 Å². The molecular weight excluding hydrogens is 228 g/mol. The van der Waals surface area contributed by atoms with Gasteiger partial charge in [0.1, 0.15) is 0 Å². The minimum absolute atomic E-state index is 0.265. The highest BCUT2D eigenvalue weighted by Gasteiger charge is 2.10. The second-order valence-electron chi connectivity index (χ2n) is 4.00. The molecule has 4 nitrogen and oxygen atoms in total. The Labute approximate surface area is 103 Å². The summed E-state index contributed by atoms with van der Waals surface area (Å²) < 4.78 is 0. The second-order valence-corrected chi connectivity index (χ2v) is 4.00. The Morgan fingerprint density at radius 1 is 1.11 bits per heavy atom. The number of benzene rings is 2. The number of fused-ring (bicyclic) bond motifs is 1. The summed E-state index contributed by atoms with van der Waals surface area (Å²) in [6, 6.07) is 14.6. The molecule has 0 aliphatic heterocycles. The molecule has 0 fully saturated rings. The summed E-state index contributed by atoms with van der Waals surface area (Å²) in [6.45, 7) is 0. The zero-order chi connectivity index (χ0) is 12.5. The van der Waals surface area contributed by atoms with Crippen LogP contribution in [0.25, 0.3) is 22.2 Å². The Morgan fingerprint density at radius 3 is 2.61 bits per heavy atom. The van der Waals surface area contributed by atoms with Gasteiger partial charge >= 0.3 is 5.97 Å². The molecule has 0 amide bonds. The van der Waals surface area contributed by atoms with E-state index in [1.165, 1.54) is 0 Å². The number of aromatic nitrogens is 2. The zero-order valence-electron chi connectivity index (χ0n) is 9.42.